The first kappa shape index (κ1) is 9.87. The molecule has 0 aliphatic rings. The summed E-state index contributed by atoms with van der Waals surface area (Å²) in [6.45, 7) is 2.19. The van der Waals surface area contributed by atoms with Crippen LogP contribution >= 0.6 is 23.1 Å². The number of anilines is 1. The first-order valence-electron chi connectivity index (χ1n) is 4.64. The molecule has 1 nitrogen and oxygen atoms in total. The largest absolute Gasteiger partial charge is 0.399 e. The molecule has 14 heavy (non-hydrogen) atoms. The van der Waals surface area contributed by atoms with Gasteiger partial charge in [-0.3, -0.25) is 0 Å². The number of fused-ring (bicyclic) bond motifs is 1. The summed E-state index contributed by atoms with van der Waals surface area (Å²) in [6, 6.07) is 6.16. The van der Waals surface area contributed by atoms with E-state index in [-0.39, 0.29) is 0 Å². The van der Waals surface area contributed by atoms with Crippen LogP contribution in [0.3, 0.4) is 0 Å². The van der Waals surface area contributed by atoms with Crippen LogP contribution in [0, 0.1) is 0 Å². The van der Waals surface area contributed by atoms with Gasteiger partial charge in [0.25, 0.3) is 0 Å². The molecular formula is C11H13NS2. The van der Waals surface area contributed by atoms with Gasteiger partial charge in [0.2, 0.25) is 0 Å². The van der Waals surface area contributed by atoms with E-state index in [9.17, 15) is 0 Å². The van der Waals surface area contributed by atoms with Crippen LogP contribution in [-0.4, -0.2) is 5.75 Å². The Kier molecular flexibility index (Phi) is 2.99. The highest BCUT2D eigenvalue weighted by atomic mass is 32.2. The summed E-state index contributed by atoms with van der Waals surface area (Å²) < 4.78 is 1.34. The van der Waals surface area contributed by atoms with Gasteiger partial charge in [0.1, 0.15) is 0 Å². The molecule has 0 radical (unpaired) electrons. The molecule has 0 aliphatic carbocycles. The summed E-state index contributed by atoms with van der Waals surface area (Å²) >= 11 is 3.76. The summed E-state index contributed by atoms with van der Waals surface area (Å²) in [5, 5.41) is 3.57. The number of nitrogens with two attached hydrogens (primary N) is 1. The summed E-state index contributed by atoms with van der Waals surface area (Å²) in [5.74, 6) is 2.26. The van der Waals surface area contributed by atoms with Gasteiger partial charge < -0.3 is 5.73 Å². The molecule has 1 aromatic heterocycles. The van der Waals surface area contributed by atoms with E-state index in [1.807, 2.05) is 17.8 Å². The van der Waals surface area contributed by atoms with E-state index in [0.717, 1.165) is 11.4 Å². The minimum absolute atomic E-state index is 0.860. The van der Waals surface area contributed by atoms with Gasteiger partial charge in [-0.05, 0) is 40.3 Å². The van der Waals surface area contributed by atoms with Crippen LogP contribution in [0.1, 0.15) is 12.5 Å². The van der Waals surface area contributed by atoms with Crippen LogP contribution in [0.2, 0.25) is 0 Å². The molecule has 1 heterocycles. The maximum atomic E-state index is 5.78. The molecule has 0 unspecified atom stereocenters. The fourth-order valence-corrected chi connectivity index (χ4v) is 3.13. The molecule has 0 spiro atoms. The fraction of sp³-hybridized carbons (Fsp3) is 0.273. The molecule has 2 N–H and O–H groups in total. The van der Waals surface area contributed by atoms with E-state index >= 15 is 0 Å². The van der Waals surface area contributed by atoms with Gasteiger partial charge in [-0.1, -0.05) is 6.92 Å². The second-order valence-corrected chi connectivity index (χ2v) is 5.34. The Morgan fingerprint density at radius 1 is 1.43 bits per heavy atom. The zero-order valence-corrected chi connectivity index (χ0v) is 9.75. The first-order valence-corrected chi connectivity index (χ1v) is 6.68. The monoisotopic (exact) mass is 223 g/mol. The van der Waals surface area contributed by atoms with Crippen molar-refractivity contribution in [3.8, 4) is 0 Å². The summed E-state index contributed by atoms with van der Waals surface area (Å²) in [7, 11) is 0. The molecule has 0 fully saturated rings. The number of thiophene rings is 1. The lowest BCUT2D eigenvalue weighted by molar-refractivity contribution is 1.45. The zero-order valence-electron chi connectivity index (χ0n) is 8.12. The van der Waals surface area contributed by atoms with Crippen molar-refractivity contribution < 1.29 is 0 Å². The second kappa shape index (κ2) is 4.24. The summed E-state index contributed by atoms with van der Waals surface area (Å²) in [6.07, 6.45) is 0. The Morgan fingerprint density at radius 3 is 3.07 bits per heavy atom. The van der Waals surface area contributed by atoms with E-state index in [4.69, 9.17) is 5.73 Å². The van der Waals surface area contributed by atoms with Gasteiger partial charge in [-0.15, -0.1) is 11.3 Å². The summed E-state index contributed by atoms with van der Waals surface area (Å²) in [4.78, 5) is 0. The third-order valence-corrected chi connectivity index (χ3v) is 4.08. The Hall–Kier alpha value is -0.670. The van der Waals surface area contributed by atoms with Gasteiger partial charge in [0.15, 0.2) is 0 Å². The Morgan fingerprint density at radius 2 is 2.29 bits per heavy atom. The van der Waals surface area contributed by atoms with Crippen molar-refractivity contribution in [2.24, 2.45) is 0 Å². The molecular weight excluding hydrogens is 210 g/mol. The van der Waals surface area contributed by atoms with Crippen molar-refractivity contribution in [1.82, 2.24) is 0 Å². The standard InChI is InChI=1S/C11H13NS2/c1-2-13-6-8-7-14-11-4-3-9(12)5-10(8)11/h3-5,7H,2,6,12H2,1H3. The normalized spacial score (nSPS) is 10.9. The average Bonchev–Trinajstić information content (AvgIpc) is 2.57. The maximum Gasteiger partial charge on any atom is 0.0347 e. The fourth-order valence-electron chi connectivity index (χ4n) is 1.42. The SMILES string of the molecule is CCSCc1csc2ccc(N)cc12. The lowest BCUT2D eigenvalue weighted by Gasteiger charge is -1.98. The highest BCUT2D eigenvalue weighted by Gasteiger charge is 2.03. The number of rotatable bonds is 3. The molecule has 0 amide bonds. The Bertz CT molecular complexity index is 434. The van der Waals surface area contributed by atoms with Crippen molar-refractivity contribution in [2.45, 2.75) is 12.7 Å². The van der Waals surface area contributed by atoms with Crippen LogP contribution in [0.5, 0.6) is 0 Å². The Balaban J connectivity index is 2.40. The highest BCUT2D eigenvalue weighted by Crippen LogP contribution is 2.30. The molecule has 2 aromatic rings. The van der Waals surface area contributed by atoms with Crippen molar-refractivity contribution >= 4 is 38.9 Å². The Labute approximate surface area is 92.3 Å². The van der Waals surface area contributed by atoms with Crippen LogP contribution in [0.4, 0.5) is 5.69 Å². The number of hydrogen-bond acceptors (Lipinski definition) is 3. The van der Waals surface area contributed by atoms with Crippen LogP contribution < -0.4 is 5.73 Å². The third-order valence-electron chi connectivity index (χ3n) is 2.14. The van der Waals surface area contributed by atoms with Crippen LogP contribution in [0.15, 0.2) is 23.6 Å². The van der Waals surface area contributed by atoms with Gasteiger partial charge in [0, 0.05) is 16.1 Å². The molecule has 74 valence electrons. The third kappa shape index (κ3) is 1.88. The molecule has 0 saturated carbocycles. The van der Waals surface area contributed by atoms with Crippen LogP contribution in [-0.2, 0) is 5.75 Å². The molecule has 1 aromatic carbocycles. The predicted molar refractivity (Wildman–Crippen MR) is 68.1 cm³/mol. The van der Waals surface area contributed by atoms with Gasteiger partial charge in [0.05, 0.1) is 0 Å². The van der Waals surface area contributed by atoms with E-state index in [1.54, 1.807) is 11.3 Å². The van der Waals surface area contributed by atoms with Crippen molar-refractivity contribution in [1.29, 1.82) is 0 Å². The van der Waals surface area contributed by atoms with E-state index in [2.05, 4.69) is 24.4 Å². The van der Waals surface area contributed by atoms with E-state index in [1.165, 1.54) is 21.4 Å². The quantitative estimate of drug-likeness (QED) is 0.802. The number of benzene rings is 1. The molecule has 0 aliphatic heterocycles. The molecule has 2 rings (SSSR count). The van der Waals surface area contributed by atoms with Gasteiger partial charge in [-0.25, -0.2) is 0 Å². The van der Waals surface area contributed by atoms with Gasteiger partial charge >= 0.3 is 0 Å². The summed E-state index contributed by atoms with van der Waals surface area (Å²) in [5.41, 5.74) is 8.06. The number of nitrogen functional groups attached to an aromatic ring is 1. The van der Waals surface area contributed by atoms with E-state index < -0.39 is 0 Å². The first-order chi connectivity index (χ1) is 6.81. The number of thioether (sulfide) groups is 1. The molecule has 3 heteroatoms. The lowest BCUT2D eigenvalue weighted by atomic mass is 10.2. The lowest BCUT2D eigenvalue weighted by Crippen LogP contribution is -1.84. The second-order valence-electron chi connectivity index (χ2n) is 3.15. The highest BCUT2D eigenvalue weighted by molar-refractivity contribution is 7.98. The maximum absolute atomic E-state index is 5.78. The minimum atomic E-state index is 0.860. The topological polar surface area (TPSA) is 26.0 Å². The predicted octanol–water partition coefficient (Wildman–Crippen LogP) is 3.74. The molecule has 0 saturated heterocycles. The van der Waals surface area contributed by atoms with Crippen molar-refractivity contribution in [3.63, 3.8) is 0 Å². The smallest absolute Gasteiger partial charge is 0.0347 e. The average molecular weight is 223 g/mol. The minimum Gasteiger partial charge on any atom is -0.399 e. The molecule has 0 bridgehead atoms. The van der Waals surface area contributed by atoms with E-state index in [0.29, 0.717) is 0 Å². The van der Waals surface area contributed by atoms with Crippen molar-refractivity contribution in [3.05, 3.63) is 29.1 Å². The zero-order chi connectivity index (χ0) is 9.97. The molecule has 0 atom stereocenters. The van der Waals surface area contributed by atoms with Gasteiger partial charge in [-0.2, -0.15) is 11.8 Å². The number of hydrogen-bond donors (Lipinski definition) is 1. The van der Waals surface area contributed by atoms with Crippen LogP contribution in [0.25, 0.3) is 10.1 Å². The van der Waals surface area contributed by atoms with Crippen molar-refractivity contribution in [2.75, 3.05) is 11.5 Å².